The van der Waals surface area contributed by atoms with Gasteiger partial charge in [-0.3, -0.25) is 9.59 Å². The Morgan fingerprint density at radius 1 is 1.35 bits per heavy atom. The van der Waals surface area contributed by atoms with Crippen LogP contribution in [0.4, 0.5) is 4.79 Å². The molecule has 0 spiro atoms. The maximum Gasteiger partial charge on any atom is 0.410 e. The minimum Gasteiger partial charge on any atom is -0.444 e. The van der Waals surface area contributed by atoms with E-state index in [0.717, 1.165) is 0 Å². The summed E-state index contributed by atoms with van der Waals surface area (Å²) in [5.41, 5.74) is -0.828. The van der Waals surface area contributed by atoms with Crippen LogP contribution in [0.3, 0.4) is 0 Å². The van der Waals surface area contributed by atoms with Crippen molar-refractivity contribution in [2.75, 3.05) is 25.4 Å². The standard InChI is InChI=1S/C16H26N2O4S/c1-11(19)23-8-12-6-13(20)18(7-12)16(5)9-17(10-16)14(21)22-15(2,3)4/h12H,6-10H2,1-5H3. The second-order valence-corrected chi connectivity index (χ2v) is 8.91. The first-order valence-electron chi connectivity index (χ1n) is 7.92. The Balaban J connectivity index is 1.87. The first-order chi connectivity index (χ1) is 10.5. The summed E-state index contributed by atoms with van der Waals surface area (Å²) >= 11 is 1.28. The summed E-state index contributed by atoms with van der Waals surface area (Å²) in [6.45, 7) is 10.7. The lowest BCUT2D eigenvalue weighted by molar-refractivity contribution is -0.139. The van der Waals surface area contributed by atoms with Crippen molar-refractivity contribution < 1.29 is 19.1 Å². The van der Waals surface area contributed by atoms with Crippen LogP contribution in [0.2, 0.25) is 0 Å². The van der Waals surface area contributed by atoms with Crippen molar-refractivity contribution >= 4 is 28.9 Å². The maximum absolute atomic E-state index is 12.3. The first kappa shape index (κ1) is 18.1. The number of amides is 2. The Hall–Kier alpha value is -1.24. The summed E-state index contributed by atoms with van der Waals surface area (Å²) in [5.74, 6) is 1.01. The molecule has 0 radical (unpaired) electrons. The quantitative estimate of drug-likeness (QED) is 0.786. The third-order valence-corrected chi connectivity index (χ3v) is 5.14. The number of hydrogen-bond donors (Lipinski definition) is 0. The van der Waals surface area contributed by atoms with Crippen LogP contribution < -0.4 is 0 Å². The van der Waals surface area contributed by atoms with Gasteiger partial charge in [-0.05, 0) is 33.6 Å². The van der Waals surface area contributed by atoms with Gasteiger partial charge in [-0.15, -0.1) is 0 Å². The summed E-state index contributed by atoms with van der Waals surface area (Å²) in [6.07, 6.45) is 0.160. The van der Waals surface area contributed by atoms with Gasteiger partial charge in [0.2, 0.25) is 5.91 Å². The molecular weight excluding hydrogens is 316 g/mol. The highest BCUT2D eigenvalue weighted by Crippen LogP contribution is 2.35. The lowest BCUT2D eigenvalue weighted by atomic mass is 9.90. The predicted molar refractivity (Wildman–Crippen MR) is 89.2 cm³/mol. The topological polar surface area (TPSA) is 66.9 Å². The van der Waals surface area contributed by atoms with Gasteiger partial charge in [0.15, 0.2) is 5.12 Å². The molecule has 23 heavy (non-hydrogen) atoms. The molecule has 2 aliphatic rings. The SMILES string of the molecule is CC(=O)SCC1CC(=O)N(C2(C)CN(C(=O)OC(C)(C)C)C2)C1. The van der Waals surface area contributed by atoms with Gasteiger partial charge in [0.25, 0.3) is 0 Å². The van der Waals surface area contributed by atoms with Crippen LogP contribution in [-0.4, -0.2) is 63.4 Å². The predicted octanol–water partition coefficient (Wildman–Crippen LogP) is 2.12. The monoisotopic (exact) mass is 342 g/mol. The molecule has 0 bridgehead atoms. The number of thioether (sulfide) groups is 1. The maximum atomic E-state index is 12.3. The summed E-state index contributed by atoms with van der Waals surface area (Å²) in [6, 6.07) is 0. The van der Waals surface area contributed by atoms with E-state index < -0.39 is 5.60 Å². The summed E-state index contributed by atoms with van der Waals surface area (Å²) in [7, 11) is 0. The Morgan fingerprint density at radius 3 is 2.48 bits per heavy atom. The van der Waals surface area contributed by atoms with Gasteiger partial charge in [0.05, 0.1) is 5.54 Å². The van der Waals surface area contributed by atoms with E-state index in [1.807, 2.05) is 32.6 Å². The van der Waals surface area contributed by atoms with Crippen LogP contribution in [-0.2, 0) is 14.3 Å². The smallest absolute Gasteiger partial charge is 0.410 e. The van der Waals surface area contributed by atoms with E-state index in [2.05, 4.69) is 0 Å². The van der Waals surface area contributed by atoms with Gasteiger partial charge < -0.3 is 14.5 Å². The average Bonchev–Trinajstić information content (AvgIpc) is 2.72. The second-order valence-electron chi connectivity index (χ2n) is 7.71. The van der Waals surface area contributed by atoms with Crippen molar-refractivity contribution in [2.24, 2.45) is 5.92 Å². The Morgan fingerprint density at radius 2 is 1.96 bits per heavy atom. The molecule has 6 nitrogen and oxygen atoms in total. The Labute approximate surface area is 141 Å². The molecule has 0 aromatic heterocycles. The third kappa shape index (κ3) is 4.40. The molecule has 0 aromatic carbocycles. The highest BCUT2D eigenvalue weighted by Gasteiger charge is 2.51. The Kier molecular flexibility index (Phi) is 4.99. The fourth-order valence-corrected chi connectivity index (χ4v) is 3.75. The number of likely N-dealkylation sites (tertiary alicyclic amines) is 2. The van der Waals surface area contributed by atoms with Crippen LogP contribution in [0.15, 0.2) is 0 Å². The number of rotatable bonds is 3. The summed E-state index contributed by atoms with van der Waals surface area (Å²) in [4.78, 5) is 38.9. The van der Waals surface area contributed by atoms with Gasteiger partial charge in [-0.1, -0.05) is 11.8 Å². The van der Waals surface area contributed by atoms with E-state index in [4.69, 9.17) is 4.74 Å². The molecule has 1 atom stereocenters. The van der Waals surface area contributed by atoms with Crippen LogP contribution in [0.1, 0.15) is 41.0 Å². The fraction of sp³-hybridized carbons (Fsp3) is 0.812. The van der Waals surface area contributed by atoms with E-state index in [1.54, 1.807) is 11.8 Å². The van der Waals surface area contributed by atoms with E-state index in [9.17, 15) is 14.4 Å². The van der Waals surface area contributed by atoms with Crippen molar-refractivity contribution in [3.8, 4) is 0 Å². The molecule has 2 rings (SSSR count). The number of carbonyl (C=O) groups excluding carboxylic acids is 3. The van der Waals surface area contributed by atoms with Gasteiger partial charge in [0, 0.05) is 38.7 Å². The first-order valence-corrected chi connectivity index (χ1v) is 8.90. The van der Waals surface area contributed by atoms with Crippen LogP contribution in [0.5, 0.6) is 0 Å². The molecule has 2 saturated heterocycles. The average molecular weight is 342 g/mol. The van der Waals surface area contributed by atoms with Gasteiger partial charge in [0.1, 0.15) is 5.60 Å². The third-order valence-electron chi connectivity index (χ3n) is 4.09. The van der Waals surface area contributed by atoms with Gasteiger partial charge in [-0.25, -0.2) is 4.79 Å². The largest absolute Gasteiger partial charge is 0.444 e. The van der Waals surface area contributed by atoms with Crippen molar-refractivity contribution in [1.82, 2.24) is 9.80 Å². The molecular formula is C16H26N2O4S. The molecule has 0 aromatic rings. The van der Waals surface area contributed by atoms with Crippen LogP contribution in [0.25, 0.3) is 0 Å². The minimum absolute atomic E-state index is 0.0851. The molecule has 2 amide bonds. The molecule has 1 unspecified atom stereocenters. The van der Waals surface area contributed by atoms with Crippen molar-refractivity contribution in [3.05, 3.63) is 0 Å². The summed E-state index contributed by atoms with van der Waals surface area (Å²) in [5, 5.41) is 0.0851. The zero-order chi connectivity index (χ0) is 17.4. The lowest BCUT2D eigenvalue weighted by Crippen LogP contribution is -2.70. The molecule has 2 fully saturated rings. The number of carbonyl (C=O) groups is 3. The van der Waals surface area contributed by atoms with Crippen molar-refractivity contribution in [3.63, 3.8) is 0 Å². The highest BCUT2D eigenvalue weighted by atomic mass is 32.2. The van der Waals surface area contributed by atoms with E-state index in [0.29, 0.717) is 31.8 Å². The summed E-state index contributed by atoms with van der Waals surface area (Å²) < 4.78 is 5.35. The number of ether oxygens (including phenoxy) is 1. The Bertz CT molecular complexity index is 509. The van der Waals surface area contributed by atoms with Crippen molar-refractivity contribution in [2.45, 2.75) is 52.2 Å². The van der Waals surface area contributed by atoms with E-state index in [-0.39, 0.29) is 28.6 Å². The normalized spacial score (nSPS) is 23.7. The molecule has 2 heterocycles. The lowest BCUT2D eigenvalue weighted by Gasteiger charge is -2.52. The van der Waals surface area contributed by atoms with E-state index in [1.165, 1.54) is 11.8 Å². The van der Waals surface area contributed by atoms with Gasteiger partial charge >= 0.3 is 6.09 Å². The van der Waals surface area contributed by atoms with Crippen LogP contribution >= 0.6 is 11.8 Å². The minimum atomic E-state index is -0.512. The van der Waals surface area contributed by atoms with Crippen LogP contribution in [0, 0.1) is 5.92 Å². The molecule has 0 N–H and O–H groups in total. The molecule has 7 heteroatoms. The molecule has 130 valence electrons. The molecule has 2 aliphatic heterocycles. The number of hydrogen-bond acceptors (Lipinski definition) is 5. The van der Waals surface area contributed by atoms with Gasteiger partial charge in [-0.2, -0.15) is 0 Å². The molecule has 0 saturated carbocycles. The van der Waals surface area contributed by atoms with Crippen molar-refractivity contribution in [1.29, 1.82) is 0 Å². The number of nitrogens with zero attached hydrogens (tertiary/aromatic N) is 2. The molecule has 0 aliphatic carbocycles. The highest BCUT2D eigenvalue weighted by molar-refractivity contribution is 8.13. The second kappa shape index (κ2) is 6.34. The van der Waals surface area contributed by atoms with E-state index >= 15 is 0 Å². The zero-order valence-electron chi connectivity index (χ0n) is 14.5. The zero-order valence-corrected chi connectivity index (χ0v) is 15.4. The fourth-order valence-electron chi connectivity index (χ4n) is 3.05.